The number of rotatable bonds is 2. The van der Waals surface area contributed by atoms with Gasteiger partial charge in [-0.25, -0.2) is 9.97 Å². The number of hydrogen-bond acceptors (Lipinski definition) is 5. The normalized spacial score (nSPS) is 26.2. The molecular weight excluding hydrogens is 412 g/mol. The third-order valence-corrected chi connectivity index (χ3v) is 7.61. The molecule has 6 nitrogen and oxygen atoms in total. The highest BCUT2D eigenvalue weighted by atomic mass is 16.1. The Morgan fingerprint density at radius 1 is 1.12 bits per heavy atom. The summed E-state index contributed by atoms with van der Waals surface area (Å²) < 4.78 is 1.56. The molecule has 33 heavy (non-hydrogen) atoms. The lowest BCUT2D eigenvalue weighted by atomic mass is 9.51. The van der Waals surface area contributed by atoms with Crippen LogP contribution in [0.5, 0.6) is 0 Å². The van der Waals surface area contributed by atoms with Gasteiger partial charge in [-0.3, -0.25) is 9.59 Å². The SMILES string of the molecule is Cc1nc(-c2ccc(=O)n(C)c2)c2c(n1)[C@]1(c3ccccc3)CC(C#N)C(=O)[C@@H](C)[C@@H]1CC2. The molecule has 0 radical (unpaired) electrons. The van der Waals surface area contributed by atoms with Crippen LogP contribution in [0.15, 0.2) is 53.5 Å². The van der Waals surface area contributed by atoms with Crippen LogP contribution in [-0.4, -0.2) is 20.3 Å². The molecule has 0 amide bonds. The Morgan fingerprint density at radius 2 is 1.88 bits per heavy atom. The molecule has 0 N–H and O–H groups in total. The van der Waals surface area contributed by atoms with Gasteiger partial charge < -0.3 is 4.57 Å². The summed E-state index contributed by atoms with van der Waals surface area (Å²) >= 11 is 0. The molecule has 1 saturated carbocycles. The van der Waals surface area contributed by atoms with E-state index in [1.165, 1.54) is 0 Å². The Morgan fingerprint density at radius 3 is 2.58 bits per heavy atom. The van der Waals surface area contributed by atoms with Crippen molar-refractivity contribution >= 4 is 5.78 Å². The summed E-state index contributed by atoms with van der Waals surface area (Å²) in [6, 6.07) is 15.9. The van der Waals surface area contributed by atoms with Gasteiger partial charge in [-0.1, -0.05) is 37.3 Å². The lowest BCUT2D eigenvalue weighted by molar-refractivity contribution is -0.131. The summed E-state index contributed by atoms with van der Waals surface area (Å²) in [5.74, 6) is -0.147. The van der Waals surface area contributed by atoms with E-state index < -0.39 is 11.3 Å². The number of carbonyl (C=O) groups excluding carboxylic acids is 1. The Balaban J connectivity index is 1.82. The average Bonchev–Trinajstić information content (AvgIpc) is 2.83. The fourth-order valence-electron chi connectivity index (χ4n) is 6.07. The quantitative estimate of drug-likeness (QED) is 0.608. The van der Waals surface area contributed by atoms with Crippen LogP contribution in [0.4, 0.5) is 0 Å². The molecular formula is C27H26N4O2. The minimum Gasteiger partial charge on any atom is -0.318 e. The van der Waals surface area contributed by atoms with E-state index >= 15 is 0 Å². The van der Waals surface area contributed by atoms with Crippen LogP contribution in [0.1, 0.15) is 42.4 Å². The van der Waals surface area contributed by atoms with E-state index in [0.717, 1.165) is 40.9 Å². The number of aryl methyl sites for hydroxylation is 2. The van der Waals surface area contributed by atoms with Gasteiger partial charge >= 0.3 is 0 Å². The van der Waals surface area contributed by atoms with E-state index in [9.17, 15) is 14.9 Å². The predicted molar refractivity (Wildman–Crippen MR) is 124 cm³/mol. The first kappa shape index (κ1) is 21.3. The number of Topliss-reactive ketones (excluding diaryl/α,β-unsaturated/α-hetero) is 1. The van der Waals surface area contributed by atoms with Gasteiger partial charge in [0, 0.05) is 41.8 Å². The molecule has 4 atom stereocenters. The molecule has 0 spiro atoms. The van der Waals surface area contributed by atoms with Crippen LogP contribution >= 0.6 is 0 Å². The van der Waals surface area contributed by atoms with Crippen molar-refractivity contribution < 1.29 is 4.79 Å². The van der Waals surface area contributed by atoms with E-state index in [1.807, 2.05) is 44.3 Å². The summed E-state index contributed by atoms with van der Waals surface area (Å²) in [4.78, 5) is 34.8. The number of pyridine rings is 1. The third-order valence-electron chi connectivity index (χ3n) is 7.61. The highest BCUT2D eigenvalue weighted by Gasteiger charge is 2.56. The van der Waals surface area contributed by atoms with Gasteiger partial charge in [0.2, 0.25) is 5.56 Å². The lowest BCUT2D eigenvalue weighted by Crippen LogP contribution is -2.53. The Labute approximate surface area is 192 Å². The van der Waals surface area contributed by atoms with Crippen LogP contribution in [0.25, 0.3) is 11.3 Å². The van der Waals surface area contributed by atoms with Gasteiger partial charge in [0.1, 0.15) is 11.7 Å². The van der Waals surface area contributed by atoms with Gasteiger partial charge in [-0.05, 0) is 43.7 Å². The number of hydrogen-bond donors (Lipinski definition) is 0. The lowest BCUT2D eigenvalue weighted by Gasteiger charge is -2.51. The van der Waals surface area contributed by atoms with Gasteiger partial charge in [-0.2, -0.15) is 5.26 Å². The predicted octanol–water partition coefficient (Wildman–Crippen LogP) is 3.75. The van der Waals surface area contributed by atoms with Crippen molar-refractivity contribution in [1.29, 1.82) is 5.26 Å². The molecule has 1 fully saturated rings. The highest BCUT2D eigenvalue weighted by Crippen LogP contribution is 2.56. The summed E-state index contributed by atoms with van der Waals surface area (Å²) in [6.45, 7) is 3.86. The topological polar surface area (TPSA) is 88.6 Å². The molecule has 1 aromatic carbocycles. The van der Waals surface area contributed by atoms with Crippen molar-refractivity contribution in [3.63, 3.8) is 0 Å². The fraction of sp³-hybridized carbons (Fsp3) is 0.370. The number of fused-ring (bicyclic) bond motifs is 3. The molecule has 166 valence electrons. The molecule has 2 aliphatic rings. The Bertz CT molecular complexity index is 1350. The second kappa shape index (κ2) is 7.77. The number of benzene rings is 1. The first-order valence-electron chi connectivity index (χ1n) is 11.4. The zero-order valence-corrected chi connectivity index (χ0v) is 19.1. The molecule has 0 saturated heterocycles. The van der Waals surface area contributed by atoms with Crippen molar-refractivity contribution in [3.8, 4) is 17.3 Å². The highest BCUT2D eigenvalue weighted by molar-refractivity contribution is 5.87. The van der Waals surface area contributed by atoms with Crippen LogP contribution in [0.3, 0.4) is 0 Å². The zero-order chi connectivity index (χ0) is 23.3. The molecule has 3 aromatic rings. The van der Waals surface area contributed by atoms with E-state index in [1.54, 1.807) is 17.7 Å². The van der Waals surface area contributed by atoms with E-state index in [0.29, 0.717) is 12.2 Å². The minimum atomic E-state index is -0.668. The van der Waals surface area contributed by atoms with Crippen molar-refractivity contribution in [2.75, 3.05) is 0 Å². The number of carbonyl (C=O) groups is 1. The maximum atomic E-state index is 13.0. The molecule has 1 unspecified atom stereocenters. The first-order chi connectivity index (χ1) is 15.9. The van der Waals surface area contributed by atoms with Crippen molar-refractivity contribution in [3.05, 3.63) is 81.7 Å². The Hall–Kier alpha value is -3.59. The monoisotopic (exact) mass is 438 g/mol. The van der Waals surface area contributed by atoms with Crippen LogP contribution < -0.4 is 5.56 Å². The van der Waals surface area contributed by atoms with Gasteiger partial charge in [0.05, 0.1) is 17.5 Å². The van der Waals surface area contributed by atoms with Gasteiger partial charge in [0.25, 0.3) is 0 Å². The summed E-state index contributed by atoms with van der Waals surface area (Å²) in [7, 11) is 1.74. The molecule has 0 aliphatic heterocycles. The minimum absolute atomic E-state index is 0.0431. The molecule has 5 rings (SSSR count). The van der Waals surface area contributed by atoms with E-state index in [2.05, 4.69) is 18.2 Å². The average molecular weight is 439 g/mol. The first-order valence-corrected chi connectivity index (χ1v) is 11.4. The van der Waals surface area contributed by atoms with E-state index in [-0.39, 0.29) is 23.2 Å². The molecule has 2 heterocycles. The molecule has 2 aromatic heterocycles. The maximum Gasteiger partial charge on any atom is 0.250 e. The number of ketones is 1. The summed E-state index contributed by atoms with van der Waals surface area (Å²) in [6.07, 6.45) is 3.81. The maximum absolute atomic E-state index is 13.0. The third kappa shape index (κ3) is 3.14. The summed E-state index contributed by atoms with van der Waals surface area (Å²) in [5, 5.41) is 9.89. The second-order valence-corrected chi connectivity index (χ2v) is 9.37. The molecule has 0 bridgehead atoms. The Kier molecular flexibility index (Phi) is 5.01. The van der Waals surface area contributed by atoms with Gasteiger partial charge in [0.15, 0.2) is 5.78 Å². The number of aromatic nitrogens is 3. The largest absolute Gasteiger partial charge is 0.318 e. The number of nitrogens with zero attached hydrogens (tertiary/aromatic N) is 4. The molecule has 6 heteroatoms. The van der Waals surface area contributed by atoms with Crippen molar-refractivity contribution in [2.24, 2.45) is 24.8 Å². The van der Waals surface area contributed by atoms with Crippen LogP contribution in [-0.2, 0) is 23.7 Å². The van der Waals surface area contributed by atoms with Crippen LogP contribution in [0, 0.1) is 36.0 Å². The second-order valence-electron chi connectivity index (χ2n) is 9.37. The number of nitriles is 1. The molecule has 2 aliphatic carbocycles. The van der Waals surface area contributed by atoms with Crippen LogP contribution in [0.2, 0.25) is 0 Å². The van der Waals surface area contributed by atoms with Gasteiger partial charge in [-0.15, -0.1) is 0 Å². The van der Waals surface area contributed by atoms with Crippen molar-refractivity contribution in [2.45, 2.75) is 38.5 Å². The van der Waals surface area contributed by atoms with Crippen molar-refractivity contribution in [1.82, 2.24) is 14.5 Å². The van der Waals surface area contributed by atoms with E-state index in [4.69, 9.17) is 9.97 Å². The zero-order valence-electron chi connectivity index (χ0n) is 19.1. The standard InChI is InChI=1S/C27H26N4O2/c1-16-22-11-10-21-24(18-9-12-23(32)31(3)15-18)29-17(2)30-26(21)27(22,13-19(14-28)25(16)33)20-7-5-4-6-8-20/h4-9,12,15-16,19,22H,10-11,13H2,1-3H3/t16-,19?,22-,27-/m0/s1. The smallest absolute Gasteiger partial charge is 0.250 e. The summed E-state index contributed by atoms with van der Waals surface area (Å²) in [5.41, 5.74) is 4.18. The fourth-order valence-corrected chi connectivity index (χ4v) is 6.07.